The summed E-state index contributed by atoms with van der Waals surface area (Å²) in [5, 5.41) is 14.7. The minimum atomic E-state index is -0.532. The molecular formula is C38H44N8O4. The fourth-order valence-corrected chi connectivity index (χ4v) is 6.78. The Balaban J connectivity index is 1.02. The van der Waals surface area contributed by atoms with Gasteiger partial charge < -0.3 is 20.4 Å². The highest BCUT2D eigenvalue weighted by atomic mass is 16.2. The molecule has 2 aliphatic heterocycles. The zero-order valence-electron chi connectivity index (χ0n) is 29.1. The standard InChI is InChI=1S/C38H44N8O4/c1-5-45-33(23-25(3)41-45)37(49)43-21-7-9-31(43)35(47)39-29-17-13-27(14-18-29)11-12-28-15-19-30(20-16-28)40-36(48)32-10-8-22-44(32)38(50)34-24-26(4)42-46(34)6-2/h11-20,23-24,31-32H,5-10,21-22H2,1-4H3,(H,39,47)(H,40,48)/b12-11+/t31-,32-/m0/s1. The molecule has 0 aliphatic carbocycles. The van der Waals surface area contributed by atoms with Crippen LogP contribution in [0.2, 0.25) is 0 Å². The summed E-state index contributed by atoms with van der Waals surface area (Å²) in [7, 11) is 0. The van der Waals surface area contributed by atoms with Crippen LogP contribution in [0, 0.1) is 13.8 Å². The van der Waals surface area contributed by atoms with E-state index >= 15 is 0 Å². The summed E-state index contributed by atoms with van der Waals surface area (Å²) >= 11 is 0. The number of rotatable bonds is 10. The molecule has 2 fully saturated rings. The molecule has 6 rings (SSSR count). The third kappa shape index (κ3) is 7.39. The Kier molecular flexibility index (Phi) is 10.3. The molecule has 2 aromatic heterocycles. The van der Waals surface area contributed by atoms with Gasteiger partial charge in [0.1, 0.15) is 23.5 Å². The van der Waals surface area contributed by atoms with E-state index < -0.39 is 12.1 Å². The van der Waals surface area contributed by atoms with Crippen molar-refractivity contribution in [1.82, 2.24) is 29.4 Å². The van der Waals surface area contributed by atoms with Crippen molar-refractivity contribution in [1.29, 1.82) is 0 Å². The third-order valence-corrected chi connectivity index (χ3v) is 9.30. The van der Waals surface area contributed by atoms with Gasteiger partial charge >= 0.3 is 0 Å². The number of anilines is 2. The van der Waals surface area contributed by atoms with Crippen molar-refractivity contribution in [2.75, 3.05) is 23.7 Å². The maximum atomic E-state index is 13.3. The van der Waals surface area contributed by atoms with Gasteiger partial charge in [0.25, 0.3) is 11.8 Å². The molecule has 12 heteroatoms. The second-order valence-corrected chi connectivity index (χ2v) is 12.8. The summed E-state index contributed by atoms with van der Waals surface area (Å²) < 4.78 is 3.37. The van der Waals surface area contributed by atoms with Crippen LogP contribution in [0.15, 0.2) is 60.7 Å². The van der Waals surface area contributed by atoms with E-state index in [1.165, 1.54) is 0 Å². The van der Waals surface area contributed by atoms with Gasteiger partial charge in [-0.2, -0.15) is 10.2 Å². The van der Waals surface area contributed by atoms with E-state index in [-0.39, 0.29) is 23.6 Å². The van der Waals surface area contributed by atoms with E-state index in [4.69, 9.17) is 0 Å². The Morgan fingerprint density at radius 3 is 1.40 bits per heavy atom. The maximum Gasteiger partial charge on any atom is 0.272 e. The molecule has 0 radical (unpaired) electrons. The summed E-state index contributed by atoms with van der Waals surface area (Å²) in [6.07, 6.45) is 6.72. The fraction of sp³-hybridized carbons (Fsp3) is 0.368. The van der Waals surface area contributed by atoms with Crippen LogP contribution in [0.3, 0.4) is 0 Å². The largest absolute Gasteiger partial charge is 0.325 e. The number of nitrogens with one attached hydrogen (secondary N) is 2. The zero-order valence-corrected chi connectivity index (χ0v) is 29.1. The molecule has 4 aromatic rings. The number of carbonyl (C=O) groups is 4. The van der Waals surface area contributed by atoms with Gasteiger partial charge in [0.05, 0.1) is 11.4 Å². The number of hydrogen-bond donors (Lipinski definition) is 2. The lowest BCUT2D eigenvalue weighted by Crippen LogP contribution is -2.43. The summed E-state index contributed by atoms with van der Waals surface area (Å²) in [6, 6.07) is 17.6. The second-order valence-electron chi connectivity index (χ2n) is 12.8. The number of likely N-dealkylation sites (tertiary alicyclic amines) is 2. The number of nitrogens with zero attached hydrogens (tertiary/aromatic N) is 6. The molecule has 0 bridgehead atoms. The second kappa shape index (κ2) is 14.9. The summed E-state index contributed by atoms with van der Waals surface area (Å²) in [4.78, 5) is 56.4. The molecule has 2 aliphatic rings. The van der Waals surface area contributed by atoms with Gasteiger partial charge in [-0.25, -0.2) is 0 Å². The van der Waals surface area contributed by atoms with Crippen LogP contribution in [-0.2, 0) is 22.7 Å². The monoisotopic (exact) mass is 676 g/mol. The van der Waals surface area contributed by atoms with Crippen molar-refractivity contribution in [3.05, 3.63) is 94.6 Å². The zero-order chi connectivity index (χ0) is 35.4. The Labute approximate surface area is 292 Å². The lowest BCUT2D eigenvalue weighted by atomic mass is 10.1. The number of carbonyl (C=O) groups excluding carboxylic acids is 4. The highest BCUT2D eigenvalue weighted by Gasteiger charge is 2.37. The van der Waals surface area contributed by atoms with Crippen LogP contribution in [0.1, 0.15) is 83.0 Å². The van der Waals surface area contributed by atoms with Gasteiger partial charge in [0, 0.05) is 37.6 Å². The Hall–Kier alpha value is -5.52. The summed E-state index contributed by atoms with van der Waals surface area (Å²) in [5.41, 5.74) is 5.80. The van der Waals surface area contributed by atoms with Crippen LogP contribution in [-0.4, -0.2) is 78.2 Å². The fourth-order valence-electron chi connectivity index (χ4n) is 6.78. The van der Waals surface area contributed by atoms with Crippen LogP contribution < -0.4 is 10.6 Å². The molecule has 2 N–H and O–H groups in total. The van der Waals surface area contributed by atoms with Crippen molar-refractivity contribution >= 4 is 47.2 Å². The minimum Gasteiger partial charge on any atom is -0.325 e. The molecule has 2 aromatic carbocycles. The first-order valence-electron chi connectivity index (χ1n) is 17.4. The molecule has 4 amide bonds. The minimum absolute atomic E-state index is 0.167. The van der Waals surface area contributed by atoms with Gasteiger partial charge in [-0.1, -0.05) is 36.4 Å². The average Bonchev–Trinajstić information content (AvgIpc) is 3.94. The van der Waals surface area contributed by atoms with Gasteiger partial charge in [-0.3, -0.25) is 28.5 Å². The van der Waals surface area contributed by atoms with Crippen molar-refractivity contribution in [3.8, 4) is 0 Å². The molecule has 4 heterocycles. The Bertz CT molecular complexity index is 1770. The molecular weight excluding hydrogens is 632 g/mol. The molecule has 0 saturated carbocycles. The lowest BCUT2D eigenvalue weighted by Gasteiger charge is -2.24. The summed E-state index contributed by atoms with van der Waals surface area (Å²) in [6.45, 7) is 9.84. The predicted octanol–water partition coefficient (Wildman–Crippen LogP) is 5.39. The number of amides is 4. The number of benzene rings is 2. The quantitative estimate of drug-likeness (QED) is 0.216. The van der Waals surface area contributed by atoms with E-state index in [1.807, 2.05) is 88.4 Å². The van der Waals surface area contributed by atoms with Gasteiger partial charge in [-0.05, 0) is 101 Å². The molecule has 0 unspecified atom stereocenters. The Morgan fingerprint density at radius 1 is 0.660 bits per heavy atom. The first kappa shape index (κ1) is 34.3. The molecule has 0 spiro atoms. The van der Waals surface area contributed by atoms with E-state index in [1.54, 1.807) is 31.3 Å². The highest BCUT2D eigenvalue weighted by Crippen LogP contribution is 2.25. The normalized spacial score (nSPS) is 17.4. The average molecular weight is 677 g/mol. The predicted molar refractivity (Wildman–Crippen MR) is 192 cm³/mol. The Morgan fingerprint density at radius 2 is 1.04 bits per heavy atom. The lowest BCUT2D eigenvalue weighted by molar-refractivity contribution is -0.120. The van der Waals surface area contributed by atoms with Crippen LogP contribution >= 0.6 is 0 Å². The molecule has 12 nitrogen and oxygen atoms in total. The van der Waals surface area contributed by atoms with E-state index in [9.17, 15) is 19.2 Å². The van der Waals surface area contributed by atoms with Gasteiger partial charge in [0.2, 0.25) is 11.8 Å². The molecule has 50 heavy (non-hydrogen) atoms. The van der Waals surface area contributed by atoms with Crippen molar-refractivity contribution in [2.45, 2.75) is 78.6 Å². The van der Waals surface area contributed by atoms with Gasteiger partial charge in [0.15, 0.2) is 0 Å². The van der Waals surface area contributed by atoms with Crippen LogP contribution in [0.25, 0.3) is 12.2 Å². The molecule has 2 saturated heterocycles. The van der Waals surface area contributed by atoms with E-state index in [0.717, 1.165) is 35.4 Å². The van der Waals surface area contributed by atoms with E-state index in [2.05, 4.69) is 20.8 Å². The van der Waals surface area contributed by atoms with E-state index in [0.29, 0.717) is 61.8 Å². The number of hydrogen-bond acceptors (Lipinski definition) is 6. The number of aryl methyl sites for hydroxylation is 4. The summed E-state index contributed by atoms with van der Waals surface area (Å²) in [5.74, 6) is -0.728. The van der Waals surface area contributed by atoms with Crippen LogP contribution in [0.5, 0.6) is 0 Å². The van der Waals surface area contributed by atoms with Crippen molar-refractivity contribution in [2.24, 2.45) is 0 Å². The first-order valence-corrected chi connectivity index (χ1v) is 17.4. The molecule has 260 valence electrons. The first-order chi connectivity index (χ1) is 24.1. The topological polar surface area (TPSA) is 134 Å². The van der Waals surface area contributed by atoms with Crippen LogP contribution in [0.4, 0.5) is 11.4 Å². The highest BCUT2D eigenvalue weighted by molar-refractivity contribution is 6.02. The number of aromatic nitrogens is 4. The van der Waals surface area contributed by atoms with Gasteiger partial charge in [-0.15, -0.1) is 0 Å². The maximum absolute atomic E-state index is 13.3. The van der Waals surface area contributed by atoms with Crippen molar-refractivity contribution < 1.29 is 19.2 Å². The third-order valence-electron chi connectivity index (χ3n) is 9.30. The SMILES string of the molecule is CCn1nc(C)cc1C(=O)N1CCC[C@H]1C(=O)Nc1ccc(/C=C/c2ccc(NC(=O)[C@@H]3CCCN3C(=O)c3cc(C)nn3CC)cc2)cc1. The van der Waals surface area contributed by atoms with Crippen molar-refractivity contribution in [3.63, 3.8) is 0 Å². The molecule has 2 atom stereocenters. The smallest absolute Gasteiger partial charge is 0.272 e.